The van der Waals surface area contributed by atoms with Crippen LogP contribution in [0.25, 0.3) is 0 Å². The van der Waals surface area contributed by atoms with Crippen molar-refractivity contribution in [2.24, 2.45) is 0 Å². The zero-order chi connectivity index (χ0) is 27.0. The van der Waals surface area contributed by atoms with Crippen molar-refractivity contribution >= 4 is 60.5 Å². The van der Waals surface area contributed by atoms with Crippen LogP contribution in [0, 0.1) is 0 Å². The monoisotopic (exact) mass is 583 g/mol. The number of halogens is 2. The molecule has 1 heterocycles. The van der Waals surface area contributed by atoms with E-state index in [1.54, 1.807) is 18.2 Å². The molecule has 0 radical (unpaired) electrons. The lowest BCUT2D eigenvalue weighted by Gasteiger charge is -2.21. The molecule has 3 aromatic carbocycles. The second kappa shape index (κ2) is 10.5. The number of carbonyl (C=O) groups is 1. The van der Waals surface area contributed by atoms with Crippen molar-refractivity contribution in [2.45, 2.75) is 16.2 Å². The molecule has 3 aromatic rings. The molecule has 1 aliphatic heterocycles. The Labute approximate surface area is 225 Å². The number of hydrogen-bond acceptors (Lipinski definition) is 6. The highest BCUT2D eigenvalue weighted by atomic mass is 35.5. The Morgan fingerprint density at radius 2 is 1.68 bits per heavy atom. The zero-order valence-electron chi connectivity index (χ0n) is 19.8. The number of hydrogen-bond donors (Lipinski definition) is 1. The number of nitrogens with zero attached hydrogens (tertiary/aromatic N) is 2. The van der Waals surface area contributed by atoms with E-state index in [2.05, 4.69) is 5.32 Å². The highest BCUT2D eigenvalue weighted by Gasteiger charge is 2.31. The number of anilines is 2. The van der Waals surface area contributed by atoms with E-state index in [9.17, 15) is 21.6 Å². The minimum Gasteiger partial charge on any atom is -0.495 e. The molecular formula is C24H23Cl2N3O6S2. The lowest BCUT2D eigenvalue weighted by Crippen LogP contribution is -2.35. The summed E-state index contributed by atoms with van der Waals surface area (Å²) in [5, 5.41) is 3.19. The predicted octanol–water partition coefficient (Wildman–Crippen LogP) is 4.01. The molecule has 0 atom stereocenters. The van der Waals surface area contributed by atoms with Crippen LogP contribution in [0.4, 0.5) is 11.4 Å². The summed E-state index contributed by atoms with van der Waals surface area (Å²) in [5.74, 6) is -0.277. The van der Waals surface area contributed by atoms with Crippen LogP contribution < -0.4 is 14.4 Å². The number of amides is 1. The molecule has 0 aromatic heterocycles. The summed E-state index contributed by atoms with van der Waals surface area (Å²) in [6.45, 7) is -0.223. The van der Waals surface area contributed by atoms with Crippen LogP contribution >= 0.6 is 23.2 Å². The summed E-state index contributed by atoms with van der Waals surface area (Å²) in [5.41, 5.74) is 1.59. The molecule has 1 N–H and O–H groups in total. The standard InChI is InChI=1S/C24H23Cl2N3O6S2/c1-28(36(31,32)20-9-10-23(35-2)21(26)14-20)15-24(30)27-18-6-3-16-11-12-29(22(16)13-18)37(33,34)19-7-4-17(25)5-8-19/h3-10,13-14H,11-12,15H2,1-2H3,(H,27,30). The minimum atomic E-state index is -4.01. The quantitative estimate of drug-likeness (QED) is 0.428. The fourth-order valence-corrected chi connectivity index (χ4v) is 6.98. The van der Waals surface area contributed by atoms with Gasteiger partial charge in [-0.2, -0.15) is 4.31 Å². The lowest BCUT2D eigenvalue weighted by molar-refractivity contribution is -0.116. The number of carbonyl (C=O) groups excluding carboxylic acids is 1. The van der Waals surface area contributed by atoms with E-state index >= 15 is 0 Å². The SMILES string of the molecule is COc1ccc(S(=O)(=O)N(C)CC(=O)Nc2ccc3c(c2)N(S(=O)(=O)c2ccc(Cl)cc2)CC3)cc1Cl. The number of sulfonamides is 2. The fourth-order valence-electron chi connectivity index (χ4n) is 3.89. The maximum atomic E-state index is 13.2. The van der Waals surface area contributed by atoms with Gasteiger partial charge in [0.25, 0.3) is 10.0 Å². The van der Waals surface area contributed by atoms with Crippen LogP contribution in [0.15, 0.2) is 70.5 Å². The van der Waals surface area contributed by atoms with Crippen molar-refractivity contribution < 1.29 is 26.4 Å². The molecule has 0 saturated heterocycles. The number of likely N-dealkylation sites (N-methyl/N-ethyl adjacent to an activating group) is 1. The van der Waals surface area contributed by atoms with Gasteiger partial charge in [-0.1, -0.05) is 29.3 Å². The molecule has 0 aliphatic carbocycles. The van der Waals surface area contributed by atoms with Crippen LogP contribution in [0.1, 0.15) is 5.56 Å². The first kappa shape index (κ1) is 27.2. The number of rotatable bonds is 8. The number of ether oxygens (including phenoxy) is 1. The third-order valence-electron chi connectivity index (χ3n) is 5.82. The van der Waals surface area contributed by atoms with Crippen LogP contribution in [0.5, 0.6) is 5.75 Å². The first-order chi connectivity index (χ1) is 17.4. The highest BCUT2D eigenvalue weighted by Crippen LogP contribution is 2.35. The van der Waals surface area contributed by atoms with E-state index in [1.807, 2.05) is 0 Å². The van der Waals surface area contributed by atoms with Gasteiger partial charge in [-0.15, -0.1) is 0 Å². The highest BCUT2D eigenvalue weighted by molar-refractivity contribution is 7.92. The van der Waals surface area contributed by atoms with Gasteiger partial charge in [0.05, 0.1) is 34.2 Å². The third kappa shape index (κ3) is 5.55. The Morgan fingerprint density at radius 1 is 1.00 bits per heavy atom. The van der Waals surface area contributed by atoms with Crippen LogP contribution in [0.3, 0.4) is 0 Å². The summed E-state index contributed by atoms with van der Waals surface area (Å²) in [7, 11) is -5.16. The number of methoxy groups -OCH3 is 1. The topological polar surface area (TPSA) is 113 Å². The Balaban J connectivity index is 1.50. The Hall–Kier alpha value is -2.83. The summed E-state index contributed by atoms with van der Waals surface area (Å²) >= 11 is 11.9. The van der Waals surface area contributed by atoms with Gasteiger partial charge in [-0.05, 0) is 66.6 Å². The Morgan fingerprint density at radius 3 is 2.32 bits per heavy atom. The van der Waals surface area contributed by atoms with Gasteiger partial charge >= 0.3 is 0 Å². The second-order valence-corrected chi connectivity index (χ2v) is 13.0. The molecule has 1 aliphatic rings. The molecule has 196 valence electrons. The molecule has 1 amide bonds. The summed E-state index contributed by atoms with van der Waals surface area (Å²) in [4.78, 5) is 12.7. The summed E-state index contributed by atoms with van der Waals surface area (Å²) in [6, 6.07) is 14.9. The van der Waals surface area contributed by atoms with Crippen molar-refractivity contribution in [3.63, 3.8) is 0 Å². The van der Waals surface area contributed by atoms with Crippen LogP contribution in [0.2, 0.25) is 10.0 Å². The second-order valence-electron chi connectivity index (χ2n) is 8.23. The molecule has 13 heteroatoms. The van der Waals surface area contributed by atoms with Crippen molar-refractivity contribution in [3.8, 4) is 5.75 Å². The van der Waals surface area contributed by atoms with E-state index in [4.69, 9.17) is 27.9 Å². The number of benzene rings is 3. The predicted molar refractivity (Wildman–Crippen MR) is 143 cm³/mol. The fraction of sp³-hybridized carbons (Fsp3) is 0.208. The molecule has 0 saturated carbocycles. The molecule has 9 nitrogen and oxygen atoms in total. The van der Waals surface area contributed by atoms with E-state index in [0.717, 1.165) is 9.87 Å². The molecule has 37 heavy (non-hydrogen) atoms. The molecule has 4 rings (SSSR count). The van der Waals surface area contributed by atoms with Gasteiger partial charge in [0.1, 0.15) is 5.75 Å². The van der Waals surface area contributed by atoms with Crippen LogP contribution in [-0.2, 0) is 31.3 Å². The van der Waals surface area contributed by atoms with Gasteiger partial charge in [-0.25, -0.2) is 16.8 Å². The molecule has 0 fully saturated rings. The van der Waals surface area contributed by atoms with Crippen molar-refractivity contribution in [2.75, 3.05) is 36.9 Å². The maximum Gasteiger partial charge on any atom is 0.264 e. The lowest BCUT2D eigenvalue weighted by atomic mass is 10.1. The van der Waals surface area contributed by atoms with Gasteiger partial charge in [0.15, 0.2) is 0 Å². The van der Waals surface area contributed by atoms with Gasteiger partial charge < -0.3 is 10.1 Å². The smallest absolute Gasteiger partial charge is 0.264 e. The van der Waals surface area contributed by atoms with Crippen molar-refractivity contribution in [3.05, 3.63) is 76.3 Å². The first-order valence-corrected chi connectivity index (χ1v) is 14.6. The minimum absolute atomic E-state index is 0.0887. The summed E-state index contributed by atoms with van der Waals surface area (Å²) < 4.78 is 59.4. The van der Waals surface area contributed by atoms with E-state index in [-0.39, 0.29) is 21.4 Å². The van der Waals surface area contributed by atoms with E-state index in [1.165, 1.54) is 60.9 Å². The average molecular weight is 585 g/mol. The average Bonchev–Trinajstić information content (AvgIpc) is 3.28. The normalized spacial score (nSPS) is 13.5. The zero-order valence-corrected chi connectivity index (χ0v) is 23.0. The Kier molecular flexibility index (Phi) is 7.72. The van der Waals surface area contributed by atoms with E-state index < -0.39 is 32.5 Å². The molecule has 0 spiro atoms. The number of nitrogens with one attached hydrogen (secondary N) is 1. The van der Waals surface area contributed by atoms with Crippen molar-refractivity contribution in [1.82, 2.24) is 4.31 Å². The Bertz CT molecular complexity index is 1560. The van der Waals surface area contributed by atoms with Gasteiger partial charge in [0, 0.05) is 24.3 Å². The largest absolute Gasteiger partial charge is 0.495 e. The first-order valence-electron chi connectivity index (χ1n) is 10.9. The summed E-state index contributed by atoms with van der Waals surface area (Å²) in [6.07, 6.45) is 0.516. The van der Waals surface area contributed by atoms with E-state index in [0.29, 0.717) is 28.6 Å². The third-order valence-corrected chi connectivity index (χ3v) is 10.00. The van der Waals surface area contributed by atoms with Crippen molar-refractivity contribution in [1.29, 1.82) is 0 Å². The molecule has 0 bridgehead atoms. The van der Waals surface area contributed by atoms with Gasteiger partial charge in [0.2, 0.25) is 15.9 Å². The number of fused-ring (bicyclic) bond motifs is 1. The van der Waals surface area contributed by atoms with Crippen LogP contribution in [-0.4, -0.2) is 54.3 Å². The maximum absolute atomic E-state index is 13.2. The molecular weight excluding hydrogens is 561 g/mol. The van der Waals surface area contributed by atoms with Gasteiger partial charge in [-0.3, -0.25) is 9.10 Å². The molecule has 0 unspecified atom stereocenters.